The molecule has 0 spiro atoms. The van der Waals surface area contributed by atoms with Crippen molar-refractivity contribution < 1.29 is 4.79 Å². The Balaban J connectivity index is 2.61. The standard InChI is InChI=1S/C10H12N4OS/c1-16-9-5-3-2-4-8(9)10(15)12-6-7-13-14-11/h2-5H,6-7H2,1H3,(H,12,15). The van der Waals surface area contributed by atoms with Crippen LogP contribution in [0.3, 0.4) is 0 Å². The fraction of sp³-hybridized carbons (Fsp3) is 0.300. The largest absolute Gasteiger partial charge is 0.352 e. The van der Waals surface area contributed by atoms with Gasteiger partial charge in [0.1, 0.15) is 0 Å². The van der Waals surface area contributed by atoms with E-state index in [9.17, 15) is 4.79 Å². The van der Waals surface area contributed by atoms with E-state index in [0.29, 0.717) is 12.1 Å². The lowest BCUT2D eigenvalue weighted by Crippen LogP contribution is -2.26. The number of rotatable bonds is 5. The molecule has 0 bridgehead atoms. The molecule has 0 saturated carbocycles. The van der Waals surface area contributed by atoms with Crippen LogP contribution in [0.1, 0.15) is 10.4 Å². The number of nitrogens with one attached hydrogen (secondary N) is 1. The van der Waals surface area contributed by atoms with E-state index in [1.807, 2.05) is 24.5 Å². The molecule has 1 amide bonds. The zero-order chi connectivity index (χ0) is 11.8. The molecule has 1 aromatic rings. The lowest BCUT2D eigenvalue weighted by Gasteiger charge is -2.06. The molecule has 84 valence electrons. The van der Waals surface area contributed by atoms with Gasteiger partial charge in [0.05, 0.1) is 5.56 Å². The molecule has 1 aromatic carbocycles. The summed E-state index contributed by atoms with van der Waals surface area (Å²) in [6.07, 6.45) is 1.92. The van der Waals surface area contributed by atoms with Gasteiger partial charge in [-0.05, 0) is 23.9 Å². The van der Waals surface area contributed by atoms with Gasteiger partial charge in [0.15, 0.2) is 0 Å². The highest BCUT2D eigenvalue weighted by atomic mass is 32.2. The molecule has 0 heterocycles. The number of hydrogen-bond acceptors (Lipinski definition) is 3. The molecule has 0 fully saturated rings. The number of amides is 1. The number of thioether (sulfide) groups is 1. The van der Waals surface area contributed by atoms with Crippen molar-refractivity contribution in [3.8, 4) is 0 Å². The van der Waals surface area contributed by atoms with E-state index in [-0.39, 0.29) is 12.5 Å². The molecule has 0 atom stereocenters. The molecule has 0 aliphatic rings. The van der Waals surface area contributed by atoms with Crippen molar-refractivity contribution in [3.05, 3.63) is 40.3 Å². The van der Waals surface area contributed by atoms with Crippen LogP contribution in [0.5, 0.6) is 0 Å². The van der Waals surface area contributed by atoms with E-state index < -0.39 is 0 Å². The zero-order valence-corrected chi connectivity index (χ0v) is 9.70. The first-order chi connectivity index (χ1) is 7.79. The maximum Gasteiger partial charge on any atom is 0.252 e. The van der Waals surface area contributed by atoms with Gasteiger partial charge in [-0.1, -0.05) is 17.2 Å². The molecule has 5 nitrogen and oxygen atoms in total. The van der Waals surface area contributed by atoms with Gasteiger partial charge in [-0.15, -0.1) is 11.8 Å². The van der Waals surface area contributed by atoms with E-state index in [2.05, 4.69) is 15.3 Å². The number of nitrogens with zero attached hydrogens (tertiary/aromatic N) is 3. The SMILES string of the molecule is CSc1ccccc1C(=O)NCCN=[N+]=[N-]. The Morgan fingerprint density at radius 1 is 1.56 bits per heavy atom. The normalized spacial score (nSPS) is 9.31. The highest BCUT2D eigenvalue weighted by molar-refractivity contribution is 7.98. The minimum atomic E-state index is -0.141. The number of carbonyl (C=O) groups is 1. The smallest absolute Gasteiger partial charge is 0.252 e. The topological polar surface area (TPSA) is 77.9 Å². The first-order valence-electron chi connectivity index (χ1n) is 4.71. The van der Waals surface area contributed by atoms with Crippen molar-refractivity contribution in [2.24, 2.45) is 5.11 Å². The summed E-state index contributed by atoms with van der Waals surface area (Å²) in [4.78, 5) is 15.3. The van der Waals surface area contributed by atoms with E-state index >= 15 is 0 Å². The second-order valence-corrected chi connectivity index (χ2v) is 3.76. The van der Waals surface area contributed by atoms with Crippen LogP contribution in [0, 0.1) is 0 Å². The predicted molar refractivity (Wildman–Crippen MR) is 64.6 cm³/mol. The van der Waals surface area contributed by atoms with Crippen molar-refractivity contribution in [2.45, 2.75) is 4.90 Å². The van der Waals surface area contributed by atoms with E-state index in [4.69, 9.17) is 5.53 Å². The summed E-state index contributed by atoms with van der Waals surface area (Å²) in [5, 5.41) is 6.03. The molecule has 6 heteroatoms. The van der Waals surface area contributed by atoms with Gasteiger partial charge in [0.2, 0.25) is 0 Å². The van der Waals surface area contributed by atoms with Crippen LogP contribution in [0.25, 0.3) is 10.4 Å². The monoisotopic (exact) mass is 236 g/mol. The average Bonchev–Trinajstić information content (AvgIpc) is 2.34. The quantitative estimate of drug-likeness (QED) is 0.280. The second-order valence-electron chi connectivity index (χ2n) is 2.91. The minimum Gasteiger partial charge on any atom is -0.352 e. The Labute approximate surface area is 97.9 Å². The second kappa shape index (κ2) is 6.76. The fourth-order valence-electron chi connectivity index (χ4n) is 1.19. The predicted octanol–water partition coefficient (Wildman–Crippen LogP) is 2.45. The summed E-state index contributed by atoms with van der Waals surface area (Å²) in [5.41, 5.74) is 8.72. The van der Waals surface area contributed by atoms with Crippen LogP contribution >= 0.6 is 11.8 Å². The average molecular weight is 236 g/mol. The first-order valence-corrected chi connectivity index (χ1v) is 5.94. The van der Waals surface area contributed by atoms with Gasteiger partial charge in [0, 0.05) is 22.9 Å². The van der Waals surface area contributed by atoms with Crippen LogP contribution in [0.4, 0.5) is 0 Å². The fourth-order valence-corrected chi connectivity index (χ4v) is 1.79. The number of azide groups is 1. The van der Waals surface area contributed by atoms with Gasteiger partial charge in [-0.2, -0.15) is 0 Å². The number of carbonyl (C=O) groups excluding carboxylic acids is 1. The molecule has 1 N–H and O–H groups in total. The van der Waals surface area contributed by atoms with Crippen LogP contribution in [0.2, 0.25) is 0 Å². The Hall–Kier alpha value is -1.65. The van der Waals surface area contributed by atoms with Crippen LogP contribution < -0.4 is 5.32 Å². The zero-order valence-electron chi connectivity index (χ0n) is 8.88. The summed E-state index contributed by atoms with van der Waals surface area (Å²) in [6, 6.07) is 7.38. The molecule has 0 radical (unpaired) electrons. The summed E-state index contributed by atoms with van der Waals surface area (Å²) in [5.74, 6) is -0.141. The Bertz CT molecular complexity index is 415. The van der Waals surface area contributed by atoms with Gasteiger partial charge < -0.3 is 5.32 Å². The molecule has 0 saturated heterocycles. The van der Waals surface area contributed by atoms with Crippen LogP contribution in [-0.2, 0) is 0 Å². The molecule has 1 rings (SSSR count). The maximum atomic E-state index is 11.7. The van der Waals surface area contributed by atoms with Crippen molar-refractivity contribution in [1.82, 2.24) is 5.32 Å². The molecule has 0 unspecified atom stereocenters. The summed E-state index contributed by atoms with van der Waals surface area (Å²) in [6.45, 7) is 0.620. The van der Waals surface area contributed by atoms with E-state index in [0.717, 1.165) is 4.90 Å². The third-order valence-electron chi connectivity index (χ3n) is 1.91. The highest BCUT2D eigenvalue weighted by Gasteiger charge is 2.08. The Kier molecular flexibility index (Phi) is 5.25. The van der Waals surface area contributed by atoms with Gasteiger partial charge in [-0.25, -0.2) is 0 Å². The van der Waals surface area contributed by atoms with Crippen molar-refractivity contribution >= 4 is 17.7 Å². The number of hydrogen-bond donors (Lipinski definition) is 1. The Morgan fingerprint density at radius 2 is 2.31 bits per heavy atom. The minimum absolute atomic E-state index is 0.141. The highest BCUT2D eigenvalue weighted by Crippen LogP contribution is 2.19. The number of benzene rings is 1. The molecule has 16 heavy (non-hydrogen) atoms. The molecular weight excluding hydrogens is 224 g/mol. The summed E-state index contributed by atoms with van der Waals surface area (Å²) < 4.78 is 0. The van der Waals surface area contributed by atoms with Gasteiger partial charge in [-0.3, -0.25) is 4.79 Å². The molecule has 0 aliphatic carbocycles. The van der Waals surface area contributed by atoms with Crippen molar-refractivity contribution in [3.63, 3.8) is 0 Å². The third-order valence-corrected chi connectivity index (χ3v) is 2.71. The molecule has 0 aromatic heterocycles. The maximum absolute atomic E-state index is 11.7. The molecular formula is C10H12N4OS. The van der Waals surface area contributed by atoms with E-state index in [1.54, 1.807) is 6.07 Å². The summed E-state index contributed by atoms with van der Waals surface area (Å²) >= 11 is 1.52. The third kappa shape index (κ3) is 3.49. The lowest BCUT2D eigenvalue weighted by molar-refractivity contribution is 0.0952. The Morgan fingerprint density at radius 3 is 3.00 bits per heavy atom. The van der Waals surface area contributed by atoms with Crippen LogP contribution in [0.15, 0.2) is 34.3 Å². The summed E-state index contributed by atoms with van der Waals surface area (Å²) in [7, 11) is 0. The van der Waals surface area contributed by atoms with Crippen molar-refractivity contribution in [2.75, 3.05) is 19.3 Å². The first kappa shape index (κ1) is 12.4. The van der Waals surface area contributed by atoms with Crippen LogP contribution in [-0.4, -0.2) is 25.3 Å². The molecule has 0 aliphatic heterocycles. The van der Waals surface area contributed by atoms with Gasteiger partial charge in [0.25, 0.3) is 5.91 Å². The lowest BCUT2D eigenvalue weighted by atomic mass is 10.2. The van der Waals surface area contributed by atoms with Crippen molar-refractivity contribution in [1.29, 1.82) is 0 Å². The van der Waals surface area contributed by atoms with E-state index in [1.165, 1.54) is 11.8 Å². The van der Waals surface area contributed by atoms with Gasteiger partial charge >= 0.3 is 0 Å².